The van der Waals surface area contributed by atoms with Crippen molar-refractivity contribution < 1.29 is 9.53 Å². The molecule has 1 amide bonds. The number of hydrogen-bond acceptors (Lipinski definition) is 6. The first-order valence-corrected chi connectivity index (χ1v) is 8.57. The summed E-state index contributed by atoms with van der Waals surface area (Å²) in [6.07, 6.45) is -0.292. The lowest BCUT2D eigenvalue weighted by molar-refractivity contribution is 0.0930. The van der Waals surface area contributed by atoms with E-state index in [1.54, 1.807) is 16.2 Å². The Kier molecular flexibility index (Phi) is 3.78. The summed E-state index contributed by atoms with van der Waals surface area (Å²) in [4.78, 5) is 22.5. The molecule has 1 N–H and O–H groups in total. The Hall–Kier alpha value is -2.67. The van der Waals surface area contributed by atoms with Crippen molar-refractivity contribution in [2.75, 3.05) is 25.5 Å². The molecular weight excluding hydrogens is 324 g/mol. The van der Waals surface area contributed by atoms with E-state index >= 15 is 0 Å². The summed E-state index contributed by atoms with van der Waals surface area (Å²) in [6, 6.07) is 10.1. The zero-order valence-corrected chi connectivity index (χ0v) is 13.9. The number of ether oxygens (including phenoxy) is 1. The Balaban J connectivity index is 1.63. The molecule has 2 aromatic heterocycles. The Morgan fingerprint density at radius 2 is 2.12 bits per heavy atom. The number of fused-ring (bicyclic) bond motifs is 1. The maximum atomic E-state index is 11.5. The topological polar surface area (TPSA) is 67.3 Å². The molecule has 3 heterocycles. The highest BCUT2D eigenvalue weighted by atomic mass is 32.1. The number of nitrogens with zero attached hydrogens (tertiary/aromatic N) is 3. The summed E-state index contributed by atoms with van der Waals surface area (Å²) >= 11 is 1.62. The van der Waals surface area contributed by atoms with Crippen molar-refractivity contribution in [1.29, 1.82) is 0 Å². The number of carbonyl (C=O) groups is 1. The molecule has 0 spiro atoms. The van der Waals surface area contributed by atoms with Gasteiger partial charge in [-0.05, 0) is 23.6 Å². The first-order chi connectivity index (χ1) is 11.7. The van der Waals surface area contributed by atoms with Crippen molar-refractivity contribution >= 4 is 34.2 Å². The van der Waals surface area contributed by atoms with Gasteiger partial charge in [0.05, 0.1) is 18.7 Å². The molecule has 1 aliphatic rings. The Labute approximate surface area is 143 Å². The number of para-hydroxylation sites is 1. The van der Waals surface area contributed by atoms with Crippen LogP contribution in [-0.4, -0.2) is 47.2 Å². The van der Waals surface area contributed by atoms with Crippen molar-refractivity contribution in [3.63, 3.8) is 0 Å². The zero-order chi connectivity index (χ0) is 16.5. The van der Waals surface area contributed by atoms with Crippen LogP contribution < -0.4 is 5.32 Å². The van der Waals surface area contributed by atoms with Gasteiger partial charge < -0.3 is 15.0 Å². The third kappa shape index (κ3) is 2.67. The van der Waals surface area contributed by atoms with Gasteiger partial charge in [0.15, 0.2) is 5.82 Å². The molecule has 0 radical (unpaired) electrons. The van der Waals surface area contributed by atoms with Crippen molar-refractivity contribution in [3.8, 4) is 11.4 Å². The second kappa shape index (κ2) is 6.09. The van der Waals surface area contributed by atoms with E-state index in [1.807, 2.05) is 41.1 Å². The number of rotatable bonds is 3. The first kappa shape index (κ1) is 14.9. The van der Waals surface area contributed by atoms with Crippen molar-refractivity contribution in [1.82, 2.24) is 14.9 Å². The maximum absolute atomic E-state index is 11.5. The number of carbonyl (C=O) groups excluding carboxylic acids is 1. The second-order valence-corrected chi connectivity index (χ2v) is 6.42. The molecule has 0 aliphatic carbocycles. The Bertz CT molecular complexity index is 875. The molecule has 7 heteroatoms. The number of benzene rings is 1. The van der Waals surface area contributed by atoms with E-state index in [0.29, 0.717) is 18.9 Å². The fourth-order valence-corrected chi connectivity index (χ4v) is 3.38. The van der Waals surface area contributed by atoms with Crippen LogP contribution in [0.15, 0.2) is 41.1 Å². The normalized spacial score (nSPS) is 14.5. The number of hydrogen-bond donors (Lipinski definition) is 1. The van der Waals surface area contributed by atoms with Crippen LogP contribution >= 0.6 is 11.3 Å². The smallest absolute Gasteiger partial charge is 0.409 e. The van der Waals surface area contributed by atoms with Crippen molar-refractivity contribution in [2.24, 2.45) is 0 Å². The van der Waals surface area contributed by atoms with Crippen LogP contribution in [0.4, 0.5) is 10.6 Å². The van der Waals surface area contributed by atoms with Crippen LogP contribution in [0, 0.1) is 0 Å². The van der Waals surface area contributed by atoms with Gasteiger partial charge in [-0.1, -0.05) is 12.1 Å². The molecule has 1 fully saturated rings. The number of aromatic nitrogens is 2. The van der Waals surface area contributed by atoms with Gasteiger partial charge in [0, 0.05) is 29.4 Å². The van der Waals surface area contributed by atoms with Crippen LogP contribution in [0.25, 0.3) is 22.3 Å². The largest absolute Gasteiger partial charge is 0.453 e. The monoisotopic (exact) mass is 340 g/mol. The van der Waals surface area contributed by atoms with Crippen molar-refractivity contribution in [3.05, 3.63) is 41.1 Å². The molecule has 0 atom stereocenters. The number of thiophene rings is 1. The Morgan fingerprint density at radius 1 is 1.29 bits per heavy atom. The minimum absolute atomic E-state index is 0.165. The molecule has 6 nitrogen and oxygen atoms in total. The number of likely N-dealkylation sites (tertiary alicyclic amines) is 1. The van der Waals surface area contributed by atoms with Gasteiger partial charge in [-0.2, -0.15) is 11.3 Å². The summed E-state index contributed by atoms with van der Waals surface area (Å²) in [5.74, 6) is 1.51. The van der Waals surface area contributed by atoms with E-state index < -0.39 is 0 Å². The van der Waals surface area contributed by atoms with Crippen LogP contribution in [0.5, 0.6) is 0 Å². The summed E-state index contributed by atoms with van der Waals surface area (Å²) in [7, 11) is 1.40. The van der Waals surface area contributed by atoms with Crippen LogP contribution in [0.3, 0.4) is 0 Å². The molecule has 3 aromatic rings. The van der Waals surface area contributed by atoms with Gasteiger partial charge in [-0.25, -0.2) is 14.8 Å². The predicted octanol–water partition coefficient (Wildman–Crippen LogP) is 3.22. The van der Waals surface area contributed by atoms with E-state index in [-0.39, 0.29) is 12.1 Å². The average Bonchev–Trinajstić information content (AvgIpc) is 3.11. The average molecular weight is 340 g/mol. The minimum Gasteiger partial charge on any atom is -0.453 e. The lowest BCUT2D eigenvalue weighted by atomic mass is 10.1. The van der Waals surface area contributed by atoms with Crippen LogP contribution in [0.2, 0.25) is 0 Å². The van der Waals surface area contributed by atoms with E-state index in [0.717, 1.165) is 22.3 Å². The molecule has 122 valence electrons. The Morgan fingerprint density at radius 3 is 2.88 bits per heavy atom. The molecular formula is C17H16N4O2S. The lowest BCUT2D eigenvalue weighted by Gasteiger charge is -2.38. The van der Waals surface area contributed by atoms with Gasteiger partial charge in [-0.15, -0.1) is 0 Å². The minimum atomic E-state index is -0.292. The van der Waals surface area contributed by atoms with E-state index in [4.69, 9.17) is 9.72 Å². The molecule has 0 bridgehead atoms. The van der Waals surface area contributed by atoms with E-state index in [1.165, 1.54) is 7.11 Å². The standard InChI is InChI=1S/C17H16N4O2S/c1-23-17(22)21-8-12(9-21)18-16-13-4-2-3-5-14(13)19-15(20-16)11-6-7-24-10-11/h2-7,10,12H,8-9H2,1H3,(H,18,19,20). The number of nitrogens with one attached hydrogen (secondary N) is 1. The van der Waals surface area contributed by atoms with Gasteiger partial charge >= 0.3 is 6.09 Å². The fraction of sp³-hybridized carbons (Fsp3) is 0.235. The molecule has 24 heavy (non-hydrogen) atoms. The number of anilines is 1. The highest BCUT2D eigenvalue weighted by Gasteiger charge is 2.31. The summed E-state index contributed by atoms with van der Waals surface area (Å²) in [5, 5.41) is 8.47. The highest BCUT2D eigenvalue weighted by Crippen LogP contribution is 2.27. The highest BCUT2D eigenvalue weighted by molar-refractivity contribution is 7.08. The van der Waals surface area contributed by atoms with Gasteiger partial charge in [0.2, 0.25) is 0 Å². The third-order valence-corrected chi connectivity index (χ3v) is 4.72. The number of methoxy groups -OCH3 is 1. The SMILES string of the molecule is COC(=O)N1CC(Nc2nc(-c3ccsc3)nc3ccccc23)C1. The predicted molar refractivity (Wildman–Crippen MR) is 94.2 cm³/mol. The molecule has 4 rings (SSSR count). The summed E-state index contributed by atoms with van der Waals surface area (Å²) in [6.45, 7) is 1.22. The molecule has 0 unspecified atom stereocenters. The second-order valence-electron chi connectivity index (χ2n) is 5.64. The third-order valence-electron chi connectivity index (χ3n) is 4.04. The molecule has 1 aromatic carbocycles. The van der Waals surface area contributed by atoms with Crippen LogP contribution in [0.1, 0.15) is 0 Å². The van der Waals surface area contributed by atoms with Crippen LogP contribution in [-0.2, 0) is 4.74 Å². The van der Waals surface area contributed by atoms with E-state index in [2.05, 4.69) is 10.3 Å². The van der Waals surface area contributed by atoms with Gasteiger partial charge in [0.25, 0.3) is 0 Å². The van der Waals surface area contributed by atoms with Crippen molar-refractivity contribution in [2.45, 2.75) is 6.04 Å². The van der Waals surface area contributed by atoms with Gasteiger partial charge in [0.1, 0.15) is 5.82 Å². The molecule has 0 saturated carbocycles. The summed E-state index contributed by atoms with van der Waals surface area (Å²) < 4.78 is 4.73. The summed E-state index contributed by atoms with van der Waals surface area (Å²) in [5.41, 5.74) is 1.92. The zero-order valence-electron chi connectivity index (χ0n) is 13.1. The van der Waals surface area contributed by atoms with E-state index in [9.17, 15) is 4.79 Å². The number of amides is 1. The fourth-order valence-electron chi connectivity index (χ4n) is 2.75. The quantitative estimate of drug-likeness (QED) is 0.793. The molecule has 1 saturated heterocycles. The lowest BCUT2D eigenvalue weighted by Crippen LogP contribution is -2.57. The van der Waals surface area contributed by atoms with Gasteiger partial charge in [-0.3, -0.25) is 0 Å². The maximum Gasteiger partial charge on any atom is 0.409 e. The molecule has 1 aliphatic heterocycles. The first-order valence-electron chi connectivity index (χ1n) is 7.63.